The smallest absolute Gasteiger partial charge is 0.335 e. The van der Waals surface area contributed by atoms with Gasteiger partial charge >= 0.3 is 23.9 Å². The highest BCUT2D eigenvalue weighted by Crippen LogP contribution is 2.26. The number of hydrogen-bond donors (Lipinski definition) is 3. The molecule has 12 heteroatoms. The summed E-state index contributed by atoms with van der Waals surface area (Å²) in [5.41, 5.74) is 0. The topological polar surface area (TPSA) is 175 Å². The lowest BCUT2D eigenvalue weighted by atomic mass is 9.98. The van der Waals surface area contributed by atoms with Crippen molar-refractivity contribution < 1.29 is 58.2 Å². The zero-order valence-electron chi connectivity index (χ0n) is 47.7. The molecule has 1 rings (SSSR count). The van der Waals surface area contributed by atoms with Gasteiger partial charge in [0.2, 0.25) is 0 Å². The predicted molar refractivity (Wildman–Crippen MR) is 312 cm³/mol. The van der Waals surface area contributed by atoms with Gasteiger partial charge in [0.05, 0.1) is 13.0 Å². The Labute approximate surface area is 465 Å². The average molecular weight is 1080 g/mol. The van der Waals surface area contributed by atoms with E-state index in [9.17, 15) is 34.5 Å². The number of rotatable bonds is 48. The number of carboxylic acid groups (broad SMARTS) is 1. The van der Waals surface area contributed by atoms with Crippen LogP contribution in [0.3, 0.4) is 0 Å². The maximum absolute atomic E-state index is 13.1. The molecule has 1 aliphatic rings. The standard InChI is InChI=1S/C65H102O12/c1-4-7-10-13-16-19-22-25-28-29-32-33-36-39-42-45-48-51-57(66)73-54-56(75-58(67)52-49-46-43-40-37-34-30-26-23-20-17-14-11-8-5-2)55-74-65-63(61(70)60(69)62(77-65)64(71)72)76-59(68)53-50-47-44-41-38-35-31-27-24-21-18-15-12-9-6-3/h8-9,11-12,17-18,20-21,25-28,30-31,37-38,40-41,47,50,56,60-63,65,69-70H,4-7,10,13-16,19,22-24,29,32-36,39,42-46,48-49,51-55H2,1-3H3,(H,71,72)/b11-8-,12-9-,20-17-,21-18-,28-25-,30-26-,31-27-,40-37-,41-38-,50-47-. The Morgan fingerprint density at radius 1 is 0.455 bits per heavy atom. The van der Waals surface area contributed by atoms with Crippen molar-refractivity contribution in [2.75, 3.05) is 13.2 Å². The maximum atomic E-state index is 13.1. The summed E-state index contributed by atoms with van der Waals surface area (Å²) in [5.74, 6) is -3.36. The van der Waals surface area contributed by atoms with Gasteiger partial charge in [0.1, 0.15) is 18.8 Å². The fourth-order valence-corrected chi connectivity index (χ4v) is 8.07. The molecule has 0 amide bonds. The Morgan fingerprint density at radius 3 is 1.35 bits per heavy atom. The Kier molecular flexibility index (Phi) is 47.2. The quantitative estimate of drug-likeness (QED) is 0.0228. The summed E-state index contributed by atoms with van der Waals surface area (Å²) >= 11 is 0. The molecule has 12 nitrogen and oxygen atoms in total. The normalized spacial score (nSPS) is 18.9. The van der Waals surface area contributed by atoms with Gasteiger partial charge in [-0.05, 0) is 109 Å². The summed E-state index contributed by atoms with van der Waals surface area (Å²) < 4.78 is 28.2. The van der Waals surface area contributed by atoms with E-state index >= 15 is 0 Å². The number of unbranched alkanes of at least 4 members (excludes halogenated alkanes) is 15. The molecular weight excluding hydrogens is 973 g/mol. The second kappa shape index (κ2) is 51.9. The van der Waals surface area contributed by atoms with Gasteiger partial charge in [0.25, 0.3) is 0 Å². The third-order valence-corrected chi connectivity index (χ3v) is 12.5. The van der Waals surface area contributed by atoms with E-state index in [0.29, 0.717) is 19.3 Å². The van der Waals surface area contributed by atoms with E-state index < -0.39 is 67.3 Å². The number of aliphatic hydroxyl groups excluding tert-OH is 2. The first kappa shape index (κ1) is 70.1. The number of allylic oxidation sites excluding steroid dienone is 19. The second-order valence-electron chi connectivity index (χ2n) is 19.5. The summed E-state index contributed by atoms with van der Waals surface area (Å²) in [7, 11) is 0. The Bertz CT molecular complexity index is 1800. The van der Waals surface area contributed by atoms with Crippen LogP contribution in [-0.4, -0.2) is 89.2 Å². The summed E-state index contributed by atoms with van der Waals surface area (Å²) in [4.78, 5) is 51.1. The van der Waals surface area contributed by atoms with E-state index in [-0.39, 0.29) is 25.9 Å². The second-order valence-corrected chi connectivity index (χ2v) is 19.5. The average Bonchev–Trinajstić information content (AvgIpc) is 3.43. The van der Waals surface area contributed by atoms with Gasteiger partial charge in [0.15, 0.2) is 24.6 Å². The van der Waals surface area contributed by atoms with Crippen molar-refractivity contribution in [1.29, 1.82) is 0 Å². The van der Waals surface area contributed by atoms with Crippen LogP contribution < -0.4 is 0 Å². The highest BCUT2D eigenvalue weighted by Gasteiger charge is 2.50. The molecule has 1 heterocycles. The monoisotopic (exact) mass is 1070 g/mol. The molecule has 0 bridgehead atoms. The van der Waals surface area contributed by atoms with Crippen LogP contribution in [0.15, 0.2) is 122 Å². The molecular formula is C65H102O12. The molecule has 0 saturated carbocycles. The van der Waals surface area contributed by atoms with Crippen LogP contribution in [0.4, 0.5) is 0 Å². The minimum Gasteiger partial charge on any atom is -0.479 e. The third-order valence-electron chi connectivity index (χ3n) is 12.5. The number of esters is 3. The number of aliphatic hydroxyl groups is 2. The largest absolute Gasteiger partial charge is 0.479 e. The molecule has 0 aromatic heterocycles. The third kappa shape index (κ3) is 41.8. The molecule has 434 valence electrons. The van der Waals surface area contributed by atoms with Crippen LogP contribution in [0.25, 0.3) is 0 Å². The summed E-state index contributed by atoms with van der Waals surface area (Å²) in [6.45, 7) is 5.67. The van der Waals surface area contributed by atoms with Crippen LogP contribution >= 0.6 is 0 Å². The predicted octanol–water partition coefficient (Wildman–Crippen LogP) is 15.2. The zero-order chi connectivity index (χ0) is 56.1. The van der Waals surface area contributed by atoms with Crippen molar-refractivity contribution in [2.24, 2.45) is 0 Å². The van der Waals surface area contributed by atoms with Crippen LogP contribution in [0.2, 0.25) is 0 Å². The van der Waals surface area contributed by atoms with E-state index in [1.165, 1.54) is 57.8 Å². The molecule has 77 heavy (non-hydrogen) atoms. The summed E-state index contributed by atoms with van der Waals surface area (Å²) in [5, 5.41) is 31.4. The molecule has 1 fully saturated rings. The number of hydrogen-bond acceptors (Lipinski definition) is 11. The Hall–Kier alpha value is -4.88. The highest BCUT2D eigenvalue weighted by molar-refractivity contribution is 5.74. The Morgan fingerprint density at radius 2 is 0.857 bits per heavy atom. The van der Waals surface area contributed by atoms with Crippen LogP contribution in [0.5, 0.6) is 0 Å². The van der Waals surface area contributed by atoms with Gasteiger partial charge in [0, 0.05) is 12.8 Å². The van der Waals surface area contributed by atoms with Gasteiger partial charge in [-0.2, -0.15) is 0 Å². The molecule has 0 radical (unpaired) electrons. The van der Waals surface area contributed by atoms with Crippen molar-refractivity contribution in [3.8, 4) is 0 Å². The molecule has 1 aliphatic heterocycles. The molecule has 3 N–H and O–H groups in total. The van der Waals surface area contributed by atoms with E-state index in [1.54, 1.807) is 12.2 Å². The molecule has 1 saturated heterocycles. The number of ether oxygens (including phenoxy) is 5. The lowest BCUT2D eigenvalue weighted by molar-refractivity contribution is -0.301. The molecule has 0 aromatic rings. The van der Waals surface area contributed by atoms with Gasteiger partial charge in [-0.25, -0.2) is 4.79 Å². The van der Waals surface area contributed by atoms with Crippen LogP contribution in [-0.2, 0) is 42.9 Å². The zero-order valence-corrected chi connectivity index (χ0v) is 47.7. The first-order valence-electron chi connectivity index (χ1n) is 29.5. The summed E-state index contributed by atoms with van der Waals surface area (Å²) in [6, 6.07) is 0. The van der Waals surface area contributed by atoms with Crippen molar-refractivity contribution >= 4 is 23.9 Å². The van der Waals surface area contributed by atoms with Gasteiger partial charge in [-0.15, -0.1) is 0 Å². The van der Waals surface area contributed by atoms with E-state index in [0.717, 1.165) is 96.3 Å². The SMILES string of the molecule is CC/C=C\C/C=C\C/C=C\C/C=C\C/C=C\CC(=O)OC1C(OCC(COC(=O)CCCCCCCCC/C=C\CCCCCCCC)OC(=O)CCCC/C=C\C/C=C\C/C=C\C/C=C\CC)OC(C(=O)O)C(O)C1O. The first-order chi connectivity index (χ1) is 37.6. The number of carbonyl (C=O) groups is 4. The molecule has 0 aromatic carbocycles. The number of aliphatic carboxylic acids is 1. The van der Waals surface area contributed by atoms with Crippen molar-refractivity contribution in [3.63, 3.8) is 0 Å². The minimum atomic E-state index is -1.95. The molecule has 6 unspecified atom stereocenters. The van der Waals surface area contributed by atoms with Crippen LogP contribution in [0, 0.1) is 0 Å². The van der Waals surface area contributed by atoms with Gasteiger partial charge < -0.3 is 39.0 Å². The first-order valence-corrected chi connectivity index (χ1v) is 29.5. The lowest BCUT2D eigenvalue weighted by Gasteiger charge is -2.40. The highest BCUT2D eigenvalue weighted by atomic mass is 16.7. The lowest BCUT2D eigenvalue weighted by Crippen LogP contribution is -2.61. The van der Waals surface area contributed by atoms with E-state index in [2.05, 4.69) is 118 Å². The van der Waals surface area contributed by atoms with Gasteiger partial charge in [-0.3, -0.25) is 14.4 Å². The van der Waals surface area contributed by atoms with Crippen molar-refractivity contribution in [1.82, 2.24) is 0 Å². The minimum absolute atomic E-state index is 0.0931. The van der Waals surface area contributed by atoms with Crippen molar-refractivity contribution in [2.45, 2.75) is 250 Å². The van der Waals surface area contributed by atoms with E-state index in [1.807, 2.05) is 12.2 Å². The van der Waals surface area contributed by atoms with E-state index in [4.69, 9.17) is 23.7 Å². The maximum Gasteiger partial charge on any atom is 0.335 e. The fraction of sp³-hybridized carbons (Fsp3) is 0.631. The molecule has 0 aliphatic carbocycles. The molecule has 0 spiro atoms. The number of carbonyl (C=O) groups excluding carboxylic acids is 3. The van der Waals surface area contributed by atoms with Gasteiger partial charge in [-0.1, -0.05) is 206 Å². The van der Waals surface area contributed by atoms with Crippen LogP contribution in [0.1, 0.15) is 213 Å². The number of carboxylic acids is 1. The fourth-order valence-electron chi connectivity index (χ4n) is 8.07. The Balaban J connectivity index is 2.78. The summed E-state index contributed by atoms with van der Waals surface area (Å²) in [6.07, 6.45) is 59.1. The molecule has 6 atom stereocenters. The van der Waals surface area contributed by atoms with Crippen molar-refractivity contribution in [3.05, 3.63) is 122 Å².